The number of carbonyl (C=O) groups excluding carboxylic acids is 2. The average Bonchev–Trinajstić information content (AvgIpc) is 2.69. The molecule has 4 N–H and O–H groups in total. The van der Waals surface area contributed by atoms with Crippen molar-refractivity contribution >= 4 is 17.6 Å². The third-order valence-corrected chi connectivity index (χ3v) is 3.97. The smallest absolute Gasteiger partial charge is 0.316 e. The first-order valence-corrected chi connectivity index (χ1v) is 8.37. The Hall–Kier alpha value is -3.74. The summed E-state index contributed by atoms with van der Waals surface area (Å²) in [5.74, 6) is 0.305. The highest BCUT2D eigenvalue weighted by Gasteiger charge is 2.13. The fraction of sp³-hybridized carbons (Fsp3) is 0.100. The van der Waals surface area contributed by atoms with Gasteiger partial charge in [-0.3, -0.25) is 4.79 Å². The highest BCUT2D eigenvalue weighted by atomic mass is 16.2. The van der Waals surface area contributed by atoms with E-state index in [-0.39, 0.29) is 11.9 Å². The molecule has 0 aliphatic heterocycles. The zero-order valence-corrected chi connectivity index (χ0v) is 14.7. The van der Waals surface area contributed by atoms with Gasteiger partial charge >= 0.3 is 6.03 Å². The van der Waals surface area contributed by atoms with Crippen molar-refractivity contribution in [3.05, 3.63) is 78.1 Å². The number of aromatic nitrogens is 2. The monoisotopic (exact) mass is 361 g/mol. The largest absolute Gasteiger partial charge is 0.351 e. The Bertz CT molecular complexity index is 925. The van der Waals surface area contributed by atoms with E-state index < -0.39 is 6.03 Å². The van der Waals surface area contributed by atoms with Gasteiger partial charge in [-0.25, -0.2) is 14.8 Å². The van der Waals surface area contributed by atoms with E-state index in [0.717, 1.165) is 11.1 Å². The van der Waals surface area contributed by atoms with Crippen molar-refractivity contribution in [2.24, 2.45) is 5.73 Å². The Morgan fingerprint density at radius 2 is 1.59 bits per heavy atom. The van der Waals surface area contributed by atoms with E-state index in [9.17, 15) is 9.59 Å². The minimum absolute atomic E-state index is 0.228. The van der Waals surface area contributed by atoms with Crippen LogP contribution in [0, 0.1) is 0 Å². The van der Waals surface area contributed by atoms with E-state index in [1.165, 1.54) is 12.4 Å². The predicted molar refractivity (Wildman–Crippen MR) is 103 cm³/mol. The van der Waals surface area contributed by atoms with Crippen molar-refractivity contribution < 1.29 is 9.59 Å². The second-order valence-electron chi connectivity index (χ2n) is 5.97. The zero-order valence-electron chi connectivity index (χ0n) is 14.7. The molecular formula is C20H19N5O2. The van der Waals surface area contributed by atoms with Gasteiger partial charge in [-0.2, -0.15) is 0 Å². The SMILES string of the molecule is C[C@H](NC(=O)c1cnc(-c2ccccc2)nc1)c1ccc(NC(N)=O)cc1. The molecule has 0 saturated heterocycles. The number of anilines is 1. The lowest BCUT2D eigenvalue weighted by atomic mass is 10.1. The number of nitrogens with zero attached hydrogens (tertiary/aromatic N) is 2. The summed E-state index contributed by atoms with van der Waals surface area (Å²) < 4.78 is 0. The molecule has 0 spiro atoms. The fourth-order valence-electron chi connectivity index (χ4n) is 2.54. The van der Waals surface area contributed by atoms with Crippen LogP contribution in [0.4, 0.5) is 10.5 Å². The van der Waals surface area contributed by atoms with Gasteiger partial charge in [-0.05, 0) is 24.6 Å². The average molecular weight is 361 g/mol. The first-order chi connectivity index (χ1) is 13.0. The Morgan fingerprint density at radius 3 is 2.19 bits per heavy atom. The summed E-state index contributed by atoms with van der Waals surface area (Å²) in [5, 5.41) is 5.39. The fourth-order valence-corrected chi connectivity index (χ4v) is 2.54. The van der Waals surface area contributed by atoms with Crippen LogP contribution in [-0.2, 0) is 0 Å². The lowest BCUT2D eigenvalue weighted by Gasteiger charge is -2.15. The molecule has 3 aromatic rings. The Kier molecular flexibility index (Phi) is 5.41. The van der Waals surface area contributed by atoms with Crippen LogP contribution in [0.5, 0.6) is 0 Å². The van der Waals surface area contributed by atoms with Crippen LogP contribution in [0.2, 0.25) is 0 Å². The van der Waals surface area contributed by atoms with E-state index in [1.807, 2.05) is 49.4 Å². The van der Waals surface area contributed by atoms with Crippen molar-refractivity contribution in [2.45, 2.75) is 13.0 Å². The van der Waals surface area contributed by atoms with Crippen LogP contribution in [0.25, 0.3) is 11.4 Å². The first-order valence-electron chi connectivity index (χ1n) is 8.37. The van der Waals surface area contributed by atoms with Crippen LogP contribution in [0.15, 0.2) is 67.0 Å². The molecule has 7 heteroatoms. The Morgan fingerprint density at radius 1 is 0.963 bits per heavy atom. The van der Waals surface area contributed by atoms with Gasteiger partial charge < -0.3 is 16.4 Å². The highest BCUT2D eigenvalue weighted by Crippen LogP contribution is 2.17. The third kappa shape index (κ3) is 4.66. The van der Waals surface area contributed by atoms with Crippen molar-refractivity contribution in [1.82, 2.24) is 15.3 Å². The minimum Gasteiger partial charge on any atom is -0.351 e. The molecule has 0 bridgehead atoms. The molecule has 0 radical (unpaired) electrons. The number of primary amides is 1. The van der Waals surface area contributed by atoms with Gasteiger partial charge in [-0.15, -0.1) is 0 Å². The van der Waals surface area contributed by atoms with Crippen LogP contribution in [-0.4, -0.2) is 21.9 Å². The second kappa shape index (κ2) is 8.09. The van der Waals surface area contributed by atoms with Gasteiger partial charge in [0.05, 0.1) is 11.6 Å². The molecule has 3 rings (SSSR count). The normalized spacial score (nSPS) is 11.4. The molecule has 0 fully saturated rings. The number of carbonyl (C=O) groups is 2. The van der Waals surface area contributed by atoms with Crippen LogP contribution in [0.1, 0.15) is 28.9 Å². The Balaban J connectivity index is 1.65. The molecule has 0 unspecified atom stereocenters. The molecule has 2 aromatic carbocycles. The molecule has 1 aromatic heterocycles. The van der Waals surface area contributed by atoms with Crippen molar-refractivity contribution in [3.8, 4) is 11.4 Å². The molecule has 3 amide bonds. The molecular weight excluding hydrogens is 342 g/mol. The highest BCUT2D eigenvalue weighted by molar-refractivity contribution is 5.94. The number of benzene rings is 2. The summed E-state index contributed by atoms with van der Waals surface area (Å²) >= 11 is 0. The summed E-state index contributed by atoms with van der Waals surface area (Å²) in [7, 11) is 0. The minimum atomic E-state index is -0.622. The number of nitrogens with two attached hydrogens (primary N) is 1. The summed E-state index contributed by atoms with van der Waals surface area (Å²) in [6.45, 7) is 1.87. The number of hydrogen-bond donors (Lipinski definition) is 3. The molecule has 0 saturated carbocycles. The quantitative estimate of drug-likeness (QED) is 0.648. The number of rotatable bonds is 5. The zero-order chi connectivity index (χ0) is 19.2. The predicted octanol–water partition coefficient (Wildman–Crippen LogP) is 3.13. The van der Waals surface area contributed by atoms with E-state index in [4.69, 9.17) is 5.73 Å². The maximum atomic E-state index is 12.4. The standard InChI is InChI=1S/C20H19N5O2/c1-13(14-7-9-17(10-8-14)25-20(21)27)24-19(26)16-11-22-18(23-12-16)15-5-3-2-4-6-15/h2-13H,1H3,(H,24,26)(H3,21,25,27)/t13-/m0/s1. The third-order valence-electron chi connectivity index (χ3n) is 3.97. The van der Waals surface area contributed by atoms with Crippen LogP contribution >= 0.6 is 0 Å². The number of nitrogens with one attached hydrogen (secondary N) is 2. The number of urea groups is 1. The van der Waals surface area contributed by atoms with Gasteiger partial charge in [0.25, 0.3) is 5.91 Å². The Labute approximate surface area is 156 Å². The van der Waals surface area contributed by atoms with Crippen LogP contribution in [0.3, 0.4) is 0 Å². The van der Waals surface area contributed by atoms with E-state index in [1.54, 1.807) is 12.1 Å². The van der Waals surface area contributed by atoms with Gasteiger partial charge in [0.1, 0.15) is 0 Å². The van der Waals surface area contributed by atoms with E-state index >= 15 is 0 Å². The lowest BCUT2D eigenvalue weighted by Crippen LogP contribution is -2.27. The van der Waals surface area contributed by atoms with Crippen molar-refractivity contribution in [1.29, 1.82) is 0 Å². The molecule has 0 aliphatic rings. The first kappa shape index (κ1) is 18.1. The topological polar surface area (TPSA) is 110 Å². The van der Waals surface area contributed by atoms with E-state index in [0.29, 0.717) is 17.1 Å². The second-order valence-corrected chi connectivity index (χ2v) is 5.97. The van der Waals surface area contributed by atoms with Gasteiger partial charge in [0.15, 0.2) is 5.82 Å². The summed E-state index contributed by atoms with van der Waals surface area (Å²) in [6, 6.07) is 15.8. The van der Waals surface area contributed by atoms with Gasteiger partial charge in [-0.1, -0.05) is 42.5 Å². The molecule has 1 atom stereocenters. The lowest BCUT2D eigenvalue weighted by molar-refractivity contribution is 0.0939. The molecule has 0 aliphatic carbocycles. The number of hydrogen-bond acceptors (Lipinski definition) is 4. The number of amides is 3. The van der Waals surface area contributed by atoms with Crippen molar-refractivity contribution in [3.63, 3.8) is 0 Å². The van der Waals surface area contributed by atoms with E-state index in [2.05, 4.69) is 20.6 Å². The molecule has 27 heavy (non-hydrogen) atoms. The molecule has 136 valence electrons. The summed E-state index contributed by atoms with van der Waals surface area (Å²) in [6.07, 6.45) is 3.02. The molecule has 1 heterocycles. The maximum Gasteiger partial charge on any atom is 0.316 e. The van der Waals surface area contributed by atoms with Gasteiger partial charge in [0.2, 0.25) is 0 Å². The molecule has 7 nitrogen and oxygen atoms in total. The summed E-state index contributed by atoms with van der Waals surface area (Å²) in [5.41, 5.74) is 7.84. The summed E-state index contributed by atoms with van der Waals surface area (Å²) in [4.78, 5) is 31.8. The van der Waals surface area contributed by atoms with Crippen molar-refractivity contribution in [2.75, 3.05) is 5.32 Å². The van der Waals surface area contributed by atoms with Gasteiger partial charge in [0, 0.05) is 23.6 Å². The maximum absolute atomic E-state index is 12.4. The van der Waals surface area contributed by atoms with Crippen LogP contribution < -0.4 is 16.4 Å².